The first-order valence-electron chi connectivity index (χ1n) is 11.9. The first-order valence-corrected chi connectivity index (χ1v) is 11.9. The summed E-state index contributed by atoms with van der Waals surface area (Å²) in [6.07, 6.45) is 13.3. The molecule has 2 aromatic rings. The van der Waals surface area contributed by atoms with Gasteiger partial charge in [-0.2, -0.15) is 0 Å². The van der Waals surface area contributed by atoms with Gasteiger partial charge in [0.1, 0.15) is 0 Å². The lowest BCUT2D eigenvalue weighted by Crippen LogP contribution is -2.46. The Balaban J connectivity index is 1.44. The highest BCUT2D eigenvalue weighted by Crippen LogP contribution is 2.28. The molecule has 0 bridgehead atoms. The van der Waals surface area contributed by atoms with E-state index in [1.54, 1.807) is 0 Å². The van der Waals surface area contributed by atoms with Crippen molar-refractivity contribution in [3.05, 3.63) is 59.7 Å². The molecule has 31 heavy (non-hydrogen) atoms. The molecule has 1 saturated heterocycles. The van der Waals surface area contributed by atoms with Crippen LogP contribution in [-0.4, -0.2) is 47.6 Å². The molecule has 0 amide bonds. The molecule has 168 valence electrons. The predicted octanol–water partition coefficient (Wildman–Crippen LogP) is 5.28. The number of ether oxygens (including phenoxy) is 1. The van der Waals surface area contributed by atoms with Gasteiger partial charge in [0.15, 0.2) is 11.6 Å². The minimum Gasteiger partial charge on any atom is -0.494 e. The van der Waals surface area contributed by atoms with Crippen LogP contribution in [0.25, 0.3) is 0 Å². The van der Waals surface area contributed by atoms with Gasteiger partial charge in [0.05, 0.1) is 7.11 Å². The normalized spacial score (nSPS) is 20.8. The van der Waals surface area contributed by atoms with Crippen LogP contribution in [0.15, 0.2) is 42.7 Å². The van der Waals surface area contributed by atoms with Crippen molar-refractivity contribution in [2.75, 3.05) is 26.7 Å². The maximum atomic E-state index is 13.9. The van der Waals surface area contributed by atoms with Crippen molar-refractivity contribution in [1.82, 2.24) is 14.8 Å². The van der Waals surface area contributed by atoms with E-state index in [2.05, 4.69) is 20.9 Å². The Morgan fingerprint density at radius 1 is 1.06 bits per heavy atom. The van der Waals surface area contributed by atoms with Gasteiger partial charge in [-0.05, 0) is 67.5 Å². The van der Waals surface area contributed by atoms with Crippen LogP contribution in [0.5, 0.6) is 5.75 Å². The number of hydrogen-bond donors (Lipinski definition) is 0. The SMILES string of the molecule is COc1cc(CN(Cc2cccnc2)C[C@H]2CCCN(C3CCCCC3)C2)ccc1F. The zero-order valence-corrected chi connectivity index (χ0v) is 18.8. The lowest BCUT2D eigenvalue weighted by atomic mass is 9.90. The summed E-state index contributed by atoms with van der Waals surface area (Å²) < 4.78 is 19.1. The Kier molecular flexibility index (Phi) is 7.92. The van der Waals surface area contributed by atoms with Crippen LogP contribution in [0.4, 0.5) is 4.39 Å². The van der Waals surface area contributed by atoms with Crippen LogP contribution in [0.3, 0.4) is 0 Å². The number of methoxy groups -OCH3 is 1. The van der Waals surface area contributed by atoms with Crippen molar-refractivity contribution in [3.63, 3.8) is 0 Å². The van der Waals surface area contributed by atoms with Crippen molar-refractivity contribution in [1.29, 1.82) is 0 Å². The highest BCUT2D eigenvalue weighted by molar-refractivity contribution is 5.30. The first-order chi connectivity index (χ1) is 15.2. The molecule has 5 heteroatoms. The molecule has 1 aromatic heterocycles. The molecule has 0 spiro atoms. The Bertz CT molecular complexity index is 810. The average Bonchev–Trinajstić information content (AvgIpc) is 2.82. The standard InChI is InChI=1S/C26H36FN3O/c1-31-26-15-21(11-12-25(26)27)17-29(18-22-7-5-13-28-16-22)19-23-8-6-14-30(20-23)24-9-3-2-4-10-24/h5,7,11-13,15-16,23-24H,2-4,6,8-10,14,17-20H2,1H3/t23-/m1/s1. The van der Waals surface area contributed by atoms with Gasteiger partial charge in [0, 0.05) is 44.6 Å². The largest absolute Gasteiger partial charge is 0.494 e. The van der Waals surface area contributed by atoms with E-state index < -0.39 is 0 Å². The molecule has 1 aliphatic heterocycles. The number of nitrogens with zero attached hydrogens (tertiary/aromatic N) is 3. The second-order valence-electron chi connectivity index (χ2n) is 9.29. The van der Waals surface area contributed by atoms with Gasteiger partial charge < -0.3 is 9.64 Å². The first kappa shape index (κ1) is 22.2. The quantitative estimate of drug-likeness (QED) is 0.576. The minimum absolute atomic E-state index is 0.305. The molecule has 1 aromatic carbocycles. The third-order valence-corrected chi connectivity index (χ3v) is 6.91. The van der Waals surface area contributed by atoms with E-state index in [4.69, 9.17) is 4.74 Å². The van der Waals surface area contributed by atoms with Gasteiger partial charge in [-0.1, -0.05) is 31.4 Å². The Labute approximate surface area is 186 Å². The zero-order chi connectivity index (χ0) is 21.5. The summed E-state index contributed by atoms with van der Waals surface area (Å²) in [5.74, 6) is 0.690. The van der Waals surface area contributed by atoms with Crippen LogP contribution in [0.2, 0.25) is 0 Å². The van der Waals surface area contributed by atoms with Crippen LogP contribution in [0, 0.1) is 11.7 Å². The molecule has 4 nitrogen and oxygen atoms in total. The number of aromatic nitrogens is 1. The molecular weight excluding hydrogens is 389 g/mol. The average molecular weight is 426 g/mol. The van der Waals surface area contributed by atoms with E-state index >= 15 is 0 Å². The van der Waals surface area contributed by atoms with E-state index in [0.717, 1.165) is 31.2 Å². The van der Waals surface area contributed by atoms with Crippen molar-refractivity contribution in [2.45, 2.75) is 64.1 Å². The number of rotatable bonds is 8. The molecule has 2 fully saturated rings. The second kappa shape index (κ2) is 11.1. The molecule has 1 aliphatic carbocycles. The van der Waals surface area contributed by atoms with Gasteiger partial charge in [-0.15, -0.1) is 0 Å². The molecule has 1 atom stereocenters. The van der Waals surface area contributed by atoms with Crippen LogP contribution < -0.4 is 4.74 Å². The summed E-state index contributed by atoms with van der Waals surface area (Å²) in [7, 11) is 1.53. The van der Waals surface area contributed by atoms with Crippen molar-refractivity contribution < 1.29 is 9.13 Å². The van der Waals surface area contributed by atoms with E-state index in [9.17, 15) is 4.39 Å². The lowest BCUT2D eigenvalue weighted by Gasteiger charge is -2.41. The van der Waals surface area contributed by atoms with E-state index in [0.29, 0.717) is 11.7 Å². The minimum atomic E-state index is -0.305. The third-order valence-electron chi connectivity index (χ3n) is 6.91. The fraction of sp³-hybridized carbons (Fsp3) is 0.577. The molecule has 1 saturated carbocycles. The fourth-order valence-electron chi connectivity index (χ4n) is 5.38. The summed E-state index contributed by atoms with van der Waals surface area (Å²) in [4.78, 5) is 9.57. The summed E-state index contributed by atoms with van der Waals surface area (Å²) in [5, 5.41) is 0. The molecule has 2 heterocycles. The van der Waals surface area contributed by atoms with Crippen molar-refractivity contribution in [2.24, 2.45) is 5.92 Å². The van der Waals surface area contributed by atoms with E-state index in [1.165, 1.54) is 76.8 Å². The van der Waals surface area contributed by atoms with Gasteiger partial charge in [-0.25, -0.2) is 4.39 Å². The van der Waals surface area contributed by atoms with Crippen molar-refractivity contribution in [3.8, 4) is 5.75 Å². The molecule has 2 aliphatic rings. The monoisotopic (exact) mass is 425 g/mol. The summed E-state index contributed by atoms with van der Waals surface area (Å²) in [6.45, 7) is 5.16. The Hall–Kier alpha value is -1.98. The molecule has 0 radical (unpaired) electrons. The maximum absolute atomic E-state index is 13.9. The van der Waals surface area contributed by atoms with Gasteiger partial charge >= 0.3 is 0 Å². The second-order valence-corrected chi connectivity index (χ2v) is 9.29. The molecule has 0 unspecified atom stereocenters. The number of piperidine rings is 1. The zero-order valence-electron chi connectivity index (χ0n) is 18.8. The van der Waals surface area contributed by atoms with Gasteiger partial charge in [0.2, 0.25) is 0 Å². The van der Waals surface area contributed by atoms with Crippen LogP contribution >= 0.6 is 0 Å². The number of pyridine rings is 1. The fourth-order valence-corrected chi connectivity index (χ4v) is 5.38. The molecular formula is C26H36FN3O. The highest BCUT2D eigenvalue weighted by Gasteiger charge is 2.28. The number of likely N-dealkylation sites (tertiary alicyclic amines) is 1. The highest BCUT2D eigenvalue weighted by atomic mass is 19.1. The van der Waals surface area contributed by atoms with Gasteiger partial charge in [-0.3, -0.25) is 9.88 Å². The van der Waals surface area contributed by atoms with Crippen molar-refractivity contribution >= 4 is 0 Å². The smallest absolute Gasteiger partial charge is 0.165 e. The van der Waals surface area contributed by atoms with E-state index in [1.807, 2.05) is 30.6 Å². The summed E-state index contributed by atoms with van der Waals surface area (Å²) in [6, 6.07) is 10.2. The maximum Gasteiger partial charge on any atom is 0.165 e. The predicted molar refractivity (Wildman–Crippen MR) is 122 cm³/mol. The number of halogens is 1. The topological polar surface area (TPSA) is 28.6 Å². The van der Waals surface area contributed by atoms with E-state index in [-0.39, 0.29) is 5.82 Å². The number of hydrogen-bond acceptors (Lipinski definition) is 4. The number of benzene rings is 1. The lowest BCUT2D eigenvalue weighted by molar-refractivity contribution is 0.0771. The Morgan fingerprint density at radius 3 is 2.68 bits per heavy atom. The summed E-state index contributed by atoms with van der Waals surface area (Å²) in [5.41, 5.74) is 2.30. The van der Waals surface area contributed by atoms with Crippen LogP contribution in [0.1, 0.15) is 56.1 Å². The van der Waals surface area contributed by atoms with Crippen LogP contribution in [-0.2, 0) is 13.1 Å². The summed E-state index contributed by atoms with van der Waals surface area (Å²) >= 11 is 0. The van der Waals surface area contributed by atoms with Gasteiger partial charge in [0.25, 0.3) is 0 Å². The molecule has 4 rings (SSSR count). The molecule has 0 N–H and O–H groups in total. The Morgan fingerprint density at radius 2 is 1.90 bits per heavy atom. The third kappa shape index (κ3) is 6.27.